The van der Waals surface area contributed by atoms with E-state index in [2.05, 4.69) is 15.7 Å². The Hall–Kier alpha value is -4.08. The first-order valence-electron chi connectivity index (χ1n) is 9.65. The van der Waals surface area contributed by atoms with Gasteiger partial charge in [-0.05, 0) is 50.2 Å². The molecule has 0 aliphatic rings. The van der Waals surface area contributed by atoms with Crippen molar-refractivity contribution in [3.05, 3.63) is 77.1 Å². The first kappa shape index (κ1) is 22.6. The lowest BCUT2D eigenvalue weighted by Crippen LogP contribution is -2.32. The van der Waals surface area contributed by atoms with Crippen molar-refractivity contribution < 1.29 is 27.9 Å². The number of benzene rings is 2. The lowest BCUT2D eigenvalue weighted by atomic mass is 10.2. The predicted molar refractivity (Wildman–Crippen MR) is 112 cm³/mol. The van der Waals surface area contributed by atoms with Gasteiger partial charge < -0.3 is 15.4 Å². The summed E-state index contributed by atoms with van der Waals surface area (Å²) < 4.78 is 32.7. The quantitative estimate of drug-likeness (QED) is 0.548. The van der Waals surface area contributed by atoms with Crippen molar-refractivity contribution in [2.24, 2.45) is 0 Å². The van der Waals surface area contributed by atoms with Crippen LogP contribution in [0, 0.1) is 18.6 Å². The third-order valence-electron chi connectivity index (χ3n) is 4.49. The Bertz CT molecular complexity index is 1160. The molecule has 1 heterocycles. The molecule has 2 N–H and O–H groups in total. The number of rotatable bonds is 7. The van der Waals surface area contributed by atoms with E-state index in [9.17, 15) is 23.2 Å². The predicted octanol–water partition coefficient (Wildman–Crippen LogP) is 3.00. The average Bonchev–Trinajstić information content (AvgIpc) is 3.16. The van der Waals surface area contributed by atoms with E-state index in [0.717, 1.165) is 12.1 Å². The minimum absolute atomic E-state index is 0.0734. The molecule has 0 bridgehead atoms. The number of ether oxygens (including phenoxy) is 1. The van der Waals surface area contributed by atoms with Crippen molar-refractivity contribution in [1.29, 1.82) is 0 Å². The minimum Gasteiger partial charge on any atom is -0.462 e. The second kappa shape index (κ2) is 9.82. The topological polar surface area (TPSA) is 102 Å². The number of nitrogens with one attached hydrogen (secondary N) is 2. The van der Waals surface area contributed by atoms with Crippen molar-refractivity contribution in [3.8, 4) is 5.69 Å². The lowest BCUT2D eigenvalue weighted by Gasteiger charge is -2.09. The highest BCUT2D eigenvalue weighted by Gasteiger charge is 2.16. The molecule has 0 unspecified atom stereocenters. The van der Waals surface area contributed by atoms with Gasteiger partial charge in [-0.15, -0.1) is 0 Å². The molecule has 10 heteroatoms. The van der Waals surface area contributed by atoms with E-state index in [1.54, 1.807) is 42.8 Å². The van der Waals surface area contributed by atoms with Crippen LogP contribution >= 0.6 is 0 Å². The number of nitrogens with zero attached hydrogens (tertiary/aromatic N) is 2. The summed E-state index contributed by atoms with van der Waals surface area (Å²) in [7, 11) is 0. The van der Waals surface area contributed by atoms with Crippen LogP contribution in [-0.2, 0) is 9.53 Å². The summed E-state index contributed by atoms with van der Waals surface area (Å²) in [6.45, 7) is 3.34. The first-order valence-corrected chi connectivity index (χ1v) is 9.65. The zero-order chi connectivity index (χ0) is 23.3. The van der Waals surface area contributed by atoms with E-state index in [4.69, 9.17) is 4.74 Å². The summed E-state index contributed by atoms with van der Waals surface area (Å²) in [4.78, 5) is 36.2. The van der Waals surface area contributed by atoms with Crippen LogP contribution in [0.25, 0.3) is 5.69 Å². The third kappa shape index (κ3) is 5.15. The smallest absolute Gasteiger partial charge is 0.341 e. The fourth-order valence-electron chi connectivity index (χ4n) is 2.87. The molecule has 0 atom stereocenters. The number of aromatic nitrogens is 2. The van der Waals surface area contributed by atoms with Crippen LogP contribution in [0.15, 0.2) is 48.7 Å². The number of hydrogen-bond donors (Lipinski definition) is 2. The molecule has 3 rings (SSSR count). The molecular weight excluding hydrogens is 422 g/mol. The number of halogens is 2. The Morgan fingerprint density at radius 1 is 1.06 bits per heavy atom. The van der Waals surface area contributed by atoms with Crippen LogP contribution < -0.4 is 10.6 Å². The zero-order valence-corrected chi connectivity index (χ0v) is 17.3. The van der Waals surface area contributed by atoms with Gasteiger partial charge >= 0.3 is 5.97 Å². The van der Waals surface area contributed by atoms with Crippen molar-refractivity contribution in [2.45, 2.75) is 13.8 Å². The van der Waals surface area contributed by atoms with E-state index in [1.807, 2.05) is 0 Å². The second-order valence-electron chi connectivity index (χ2n) is 6.68. The van der Waals surface area contributed by atoms with Gasteiger partial charge in [0.25, 0.3) is 5.91 Å². The standard InChI is InChI=1S/C22H20F2N4O4/c1-3-32-22(31)17-11-26-28(13(17)2)16-7-4-14(5-8-16)21(30)25-12-20(29)27-15-6-9-18(23)19(24)10-15/h4-11H,3,12H2,1-2H3,(H,25,30)(H,27,29). The molecule has 0 fully saturated rings. The van der Waals surface area contributed by atoms with Crippen molar-refractivity contribution in [2.75, 3.05) is 18.5 Å². The van der Waals surface area contributed by atoms with Crippen LogP contribution in [0.2, 0.25) is 0 Å². The Labute approximate surface area is 182 Å². The molecule has 32 heavy (non-hydrogen) atoms. The van der Waals surface area contributed by atoms with Gasteiger partial charge in [0.05, 0.1) is 30.7 Å². The molecule has 1 aromatic heterocycles. The maximum absolute atomic E-state index is 13.2. The summed E-state index contributed by atoms with van der Waals surface area (Å²) in [6, 6.07) is 9.32. The number of hydrogen-bond acceptors (Lipinski definition) is 5. The Morgan fingerprint density at radius 3 is 2.44 bits per heavy atom. The van der Waals surface area contributed by atoms with E-state index in [-0.39, 0.29) is 18.8 Å². The van der Waals surface area contributed by atoms with Crippen molar-refractivity contribution in [3.63, 3.8) is 0 Å². The maximum Gasteiger partial charge on any atom is 0.341 e. The van der Waals surface area contributed by atoms with Crippen molar-refractivity contribution >= 4 is 23.5 Å². The summed E-state index contributed by atoms with van der Waals surface area (Å²) in [5.41, 5.74) is 1.94. The Kier molecular flexibility index (Phi) is 6.93. The van der Waals surface area contributed by atoms with Gasteiger partial charge in [-0.25, -0.2) is 18.3 Å². The zero-order valence-electron chi connectivity index (χ0n) is 17.3. The first-order chi connectivity index (χ1) is 15.3. The monoisotopic (exact) mass is 442 g/mol. The molecule has 2 amide bonds. The largest absolute Gasteiger partial charge is 0.462 e. The fraction of sp³-hybridized carbons (Fsp3) is 0.182. The van der Waals surface area contributed by atoms with Crippen LogP contribution in [0.5, 0.6) is 0 Å². The molecule has 0 saturated heterocycles. The van der Waals surface area contributed by atoms with Gasteiger partial charge in [-0.2, -0.15) is 5.10 Å². The van der Waals surface area contributed by atoms with Crippen LogP contribution in [-0.4, -0.2) is 40.7 Å². The third-order valence-corrected chi connectivity index (χ3v) is 4.49. The molecule has 0 spiro atoms. The highest BCUT2D eigenvalue weighted by Crippen LogP contribution is 2.16. The number of anilines is 1. The molecule has 2 aromatic carbocycles. The highest BCUT2D eigenvalue weighted by molar-refractivity contribution is 5.99. The van der Waals surface area contributed by atoms with Gasteiger partial charge in [-0.3, -0.25) is 9.59 Å². The minimum atomic E-state index is -1.09. The SMILES string of the molecule is CCOC(=O)c1cnn(-c2ccc(C(=O)NCC(=O)Nc3ccc(F)c(F)c3)cc2)c1C. The van der Waals surface area contributed by atoms with Crippen LogP contribution in [0.1, 0.15) is 33.3 Å². The van der Waals surface area contributed by atoms with Crippen molar-refractivity contribution in [1.82, 2.24) is 15.1 Å². The fourth-order valence-corrected chi connectivity index (χ4v) is 2.87. The molecule has 0 radical (unpaired) electrons. The van der Waals surface area contributed by atoms with Crippen LogP contribution in [0.3, 0.4) is 0 Å². The normalized spacial score (nSPS) is 10.5. The van der Waals surface area contributed by atoms with E-state index >= 15 is 0 Å². The summed E-state index contributed by atoms with van der Waals surface area (Å²) in [6.07, 6.45) is 1.42. The van der Waals surface area contributed by atoms with E-state index in [1.165, 1.54) is 12.3 Å². The molecule has 166 valence electrons. The Balaban J connectivity index is 1.60. The van der Waals surface area contributed by atoms with Gasteiger partial charge in [0, 0.05) is 17.3 Å². The summed E-state index contributed by atoms with van der Waals surface area (Å²) in [5, 5.41) is 9.00. The number of carbonyl (C=O) groups excluding carboxylic acids is 3. The maximum atomic E-state index is 13.2. The average molecular weight is 442 g/mol. The van der Waals surface area contributed by atoms with Gasteiger partial charge in [0.1, 0.15) is 5.56 Å². The molecular formula is C22H20F2N4O4. The highest BCUT2D eigenvalue weighted by atomic mass is 19.2. The Morgan fingerprint density at radius 2 is 1.78 bits per heavy atom. The molecule has 3 aromatic rings. The van der Waals surface area contributed by atoms with Gasteiger partial charge in [0.15, 0.2) is 11.6 Å². The van der Waals surface area contributed by atoms with E-state index in [0.29, 0.717) is 22.5 Å². The van der Waals surface area contributed by atoms with Gasteiger partial charge in [0.2, 0.25) is 5.91 Å². The van der Waals surface area contributed by atoms with Crippen LogP contribution in [0.4, 0.5) is 14.5 Å². The molecule has 0 saturated carbocycles. The summed E-state index contributed by atoms with van der Waals surface area (Å²) >= 11 is 0. The molecule has 8 nitrogen and oxygen atoms in total. The van der Waals surface area contributed by atoms with E-state index < -0.39 is 29.4 Å². The second-order valence-corrected chi connectivity index (χ2v) is 6.68. The molecule has 0 aliphatic heterocycles. The number of amides is 2. The summed E-state index contributed by atoms with van der Waals surface area (Å²) in [5.74, 6) is -3.68. The van der Waals surface area contributed by atoms with Gasteiger partial charge in [-0.1, -0.05) is 0 Å². The lowest BCUT2D eigenvalue weighted by molar-refractivity contribution is -0.115. The number of carbonyl (C=O) groups is 3. The number of esters is 1. The molecule has 0 aliphatic carbocycles.